The van der Waals surface area contributed by atoms with Crippen LogP contribution in [0, 0.1) is 11.3 Å². The normalized spacial score (nSPS) is 15.1. The number of carbonyl (C=O) groups is 1. The zero-order valence-corrected chi connectivity index (χ0v) is 20.4. The summed E-state index contributed by atoms with van der Waals surface area (Å²) >= 11 is 0. The molecule has 37 heavy (non-hydrogen) atoms. The van der Waals surface area contributed by atoms with Crippen LogP contribution < -0.4 is 15.0 Å². The Bertz CT molecular complexity index is 1320. The monoisotopic (exact) mass is 502 g/mol. The van der Waals surface area contributed by atoms with Gasteiger partial charge in [0.25, 0.3) is 0 Å². The lowest BCUT2D eigenvalue weighted by molar-refractivity contribution is -0.142. The molecule has 1 aromatic carbocycles. The standard InChI is InChI=1S/C27H26N4O6/c1-2-35-27(32)25-24(29-17-37-25)16-36-26-22(14-28)21(19-7-10-34-15-19)13-23(30-26)18-3-5-20(6-4-18)31-8-11-33-12-9-31/h3-7,10,13,15,29H,2,8-9,11-12,16-17H2,1H3. The average Bonchev–Trinajstić information content (AvgIpc) is 3.65. The SMILES string of the molecule is CCOC(=O)C1=C(COc2nc(-c3ccc(N4CCOCC4)cc3)cc(-c3ccoc3)c2C#N)NCO1. The van der Waals surface area contributed by atoms with Crippen LogP contribution in [0.4, 0.5) is 5.69 Å². The van der Waals surface area contributed by atoms with Gasteiger partial charge in [-0.3, -0.25) is 0 Å². The van der Waals surface area contributed by atoms with Crippen LogP contribution >= 0.6 is 0 Å². The van der Waals surface area contributed by atoms with Crippen molar-refractivity contribution in [3.05, 3.63) is 65.9 Å². The number of aromatic nitrogens is 1. The first-order chi connectivity index (χ1) is 18.2. The first-order valence-corrected chi connectivity index (χ1v) is 12.0. The van der Waals surface area contributed by atoms with Gasteiger partial charge >= 0.3 is 5.97 Å². The van der Waals surface area contributed by atoms with Crippen molar-refractivity contribution in [1.82, 2.24) is 10.3 Å². The smallest absolute Gasteiger partial charge is 0.375 e. The molecular weight excluding hydrogens is 476 g/mol. The lowest BCUT2D eigenvalue weighted by Crippen LogP contribution is -2.36. The van der Waals surface area contributed by atoms with Gasteiger partial charge < -0.3 is 33.6 Å². The van der Waals surface area contributed by atoms with Crippen LogP contribution in [0.3, 0.4) is 0 Å². The summed E-state index contributed by atoms with van der Waals surface area (Å²) in [5.41, 5.74) is 4.64. The topological polar surface area (TPSA) is 119 Å². The second-order valence-corrected chi connectivity index (χ2v) is 8.29. The molecule has 10 heteroatoms. The number of carbonyl (C=O) groups excluding carboxylic acids is 1. The first-order valence-electron chi connectivity index (χ1n) is 12.0. The van der Waals surface area contributed by atoms with E-state index in [2.05, 4.69) is 33.4 Å². The molecule has 0 spiro atoms. The Morgan fingerprint density at radius 2 is 2.00 bits per heavy atom. The van der Waals surface area contributed by atoms with Crippen molar-refractivity contribution in [2.75, 3.05) is 51.1 Å². The number of benzene rings is 1. The van der Waals surface area contributed by atoms with Crippen LogP contribution in [0.25, 0.3) is 22.4 Å². The number of nitriles is 1. The molecule has 2 aliphatic heterocycles. The Hall–Kier alpha value is -4.49. The third-order valence-corrected chi connectivity index (χ3v) is 6.06. The second kappa shape index (κ2) is 11.1. The van der Waals surface area contributed by atoms with E-state index in [4.69, 9.17) is 23.4 Å². The van der Waals surface area contributed by atoms with E-state index in [0.717, 1.165) is 29.9 Å². The molecule has 0 aliphatic carbocycles. The average molecular weight is 503 g/mol. The Kier molecular flexibility index (Phi) is 7.23. The zero-order chi connectivity index (χ0) is 25.6. The Balaban J connectivity index is 1.48. The maximum absolute atomic E-state index is 12.2. The number of ether oxygens (including phenoxy) is 4. The van der Waals surface area contributed by atoms with Gasteiger partial charge in [-0.05, 0) is 31.2 Å². The third-order valence-electron chi connectivity index (χ3n) is 6.06. The number of rotatable bonds is 8. The van der Waals surface area contributed by atoms with Gasteiger partial charge in [-0.15, -0.1) is 0 Å². The molecule has 0 saturated carbocycles. The molecule has 0 atom stereocenters. The van der Waals surface area contributed by atoms with E-state index >= 15 is 0 Å². The lowest BCUT2D eigenvalue weighted by Gasteiger charge is -2.28. The van der Waals surface area contributed by atoms with Crippen LogP contribution in [-0.2, 0) is 19.0 Å². The summed E-state index contributed by atoms with van der Waals surface area (Å²) in [5.74, 6) is -0.379. The van der Waals surface area contributed by atoms with E-state index in [9.17, 15) is 10.1 Å². The summed E-state index contributed by atoms with van der Waals surface area (Å²) < 4.78 is 27.1. The Morgan fingerprint density at radius 1 is 1.19 bits per heavy atom. The maximum atomic E-state index is 12.2. The number of hydrogen-bond donors (Lipinski definition) is 1. The number of furan rings is 1. The van der Waals surface area contributed by atoms with Crippen molar-refractivity contribution in [3.63, 3.8) is 0 Å². The van der Waals surface area contributed by atoms with E-state index in [1.165, 1.54) is 0 Å². The largest absolute Gasteiger partial charge is 0.472 e. The molecule has 0 bridgehead atoms. The van der Waals surface area contributed by atoms with Gasteiger partial charge in [0, 0.05) is 35.5 Å². The minimum absolute atomic E-state index is 0.0555. The fourth-order valence-electron chi connectivity index (χ4n) is 4.19. The number of nitrogens with zero attached hydrogens (tertiary/aromatic N) is 3. The van der Waals surface area contributed by atoms with Crippen LogP contribution in [-0.4, -0.2) is 57.2 Å². The minimum Gasteiger partial charge on any atom is -0.472 e. The number of pyridine rings is 1. The van der Waals surface area contributed by atoms with Crippen LogP contribution in [0.5, 0.6) is 5.88 Å². The van der Waals surface area contributed by atoms with E-state index < -0.39 is 5.97 Å². The highest BCUT2D eigenvalue weighted by Gasteiger charge is 2.25. The van der Waals surface area contributed by atoms with E-state index in [-0.39, 0.29) is 37.1 Å². The molecule has 0 amide bonds. The molecule has 1 fully saturated rings. The summed E-state index contributed by atoms with van der Waals surface area (Å²) in [4.78, 5) is 19.1. The van der Waals surface area contributed by atoms with Crippen molar-refractivity contribution in [1.29, 1.82) is 5.26 Å². The molecule has 2 aliphatic rings. The summed E-state index contributed by atoms with van der Waals surface area (Å²) in [5, 5.41) is 13.0. The molecule has 190 valence electrons. The Labute approximate surface area is 214 Å². The van der Waals surface area contributed by atoms with Crippen molar-refractivity contribution in [3.8, 4) is 34.3 Å². The quantitative estimate of drug-likeness (QED) is 0.459. The first kappa shape index (κ1) is 24.2. The summed E-state index contributed by atoms with van der Waals surface area (Å²) in [6.45, 7) is 5.12. The number of esters is 1. The van der Waals surface area contributed by atoms with Gasteiger partial charge in [0.15, 0.2) is 6.73 Å². The van der Waals surface area contributed by atoms with Gasteiger partial charge in [-0.25, -0.2) is 9.78 Å². The molecule has 0 radical (unpaired) electrons. The highest BCUT2D eigenvalue weighted by atomic mass is 16.6. The van der Waals surface area contributed by atoms with E-state index in [1.807, 2.05) is 18.2 Å². The van der Waals surface area contributed by atoms with Gasteiger partial charge in [-0.2, -0.15) is 5.26 Å². The van der Waals surface area contributed by atoms with Crippen molar-refractivity contribution >= 4 is 11.7 Å². The molecule has 1 N–H and O–H groups in total. The third kappa shape index (κ3) is 5.22. The fourth-order valence-corrected chi connectivity index (χ4v) is 4.19. The van der Waals surface area contributed by atoms with Crippen molar-refractivity contribution < 1.29 is 28.2 Å². The van der Waals surface area contributed by atoms with Gasteiger partial charge in [0.2, 0.25) is 11.6 Å². The molecular formula is C27H26N4O6. The lowest BCUT2D eigenvalue weighted by atomic mass is 10.0. The second-order valence-electron chi connectivity index (χ2n) is 8.29. The molecule has 4 heterocycles. The predicted octanol–water partition coefficient (Wildman–Crippen LogP) is 3.45. The summed E-state index contributed by atoms with van der Waals surface area (Å²) in [6, 6.07) is 13.9. The van der Waals surface area contributed by atoms with E-state index in [1.54, 1.807) is 25.5 Å². The summed E-state index contributed by atoms with van der Waals surface area (Å²) in [7, 11) is 0. The zero-order valence-electron chi connectivity index (χ0n) is 20.4. The molecule has 1 saturated heterocycles. The van der Waals surface area contributed by atoms with Crippen molar-refractivity contribution in [2.24, 2.45) is 0 Å². The molecule has 0 unspecified atom stereocenters. The van der Waals surface area contributed by atoms with Crippen LogP contribution in [0.1, 0.15) is 12.5 Å². The molecule has 2 aromatic heterocycles. The number of anilines is 1. The molecule has 3 aromatic rings. The Morgan fingerprint density at radius 3 is 2.70 bits per heavy atom. The van der Waals surface area contributed by atoms with Gasteiger partial charge in [0.05, 0.1) is 38.0 Å². The maximum Gasteiger partial charge on any atom is 0.375 e. The fraction of sp³-hybridized carbons (Fsp3) is 0.296. The van der Waals surface area contributed by atoms with Crippen LogP contribution in [0.2, 0.25) is 0 Å². The number of hydrogen-bond acceptors (Lipinski definition) is 10. The van der Waals surface area contributed by atoms with Crippen LogP contribution in [0.15, 0.2) is 64.8 Å². The number of morpholine rings is 1. The minimum atomic E-state index is -0.576. The predicted molar refractivity (Wildman–Crippen MR) is 133 cm³/mol. The molecule has 5 rings (SSSR count). The van der Waals surface area contributed by atoms with E-state index in [0.29, 0.717) is 30.2 Å². The van der Waals surface area contributed by atoms with Gasteiger partial charge in [0.1, 0.15) is 23.9 Å². The highest BCUT2D eigenvalue weighted by Crippen LogP contribution is 2.34. The summed E-state index contributed by atoms with van der Waals surface area (Å²) in [6.07, 6.45) is 3.11. The molecule has 10 nitrogen and oxygen atoms in total. The van der Waals surface area contributed by atoms with Crippen molar-refractivity contribution in [2.45, 2.75) is 6.92 Å². The highest BCUT2D eigenvalue weighted by molar-refractivity contribution is 5.87. The van der Waals surface area contributed by atoms with Gasteiger partial charge in [-0.1, -0.05) is 12.1 Å². The number of nitrogens with one attached hydrogen (secondary N) is 1.